The van der Waals surface area contributed by atoms with Crippen molar-refractivity contribution < 1.29 is 269 Å². The van der Waals surface area contributed by atoms with Crippen LogP contribution in [-0.4, -0.2) is 77.6 Å². The third-order valence-electron chi connectivity index (χ3n) is 8.21. The van der Waals surface area contributed by atoms with Crippen LogP contribution >= 0.6 is 43.0 Å². The number of phenolic OH excluding ortho intramolecular Hbond substituents is 1. The standard InChI is InChI=1S/C34H27FN8O17S5.CH3I2.K.4Na/c35-32-39-33(37-20-10-8-18(9-11-20)31(45)36-21-4-3-5-22(16-21)63(48,49)13-12-56-62-60-58-47)41-34(40-32)38-25-17-23-19(15-28(25)65(53,54)55)14-26(61-59-57-46)29(30(23)44)43-42-24-6-1-2-7-27(24)64(50,51)52;1-3-2;;;;;/h1-11,14-17,44,46-47H,12-13H2,(H,36,45)(H,50,51,52)(H,53,54,55)(H2,37,38,39,40,41);1H3;;;;;/q;-1;5*+1/p-4. The Balaban J connectivity index is 0.00000632. The van der Waals surface area contributed by atoms with E-state index in [2.05, 4.69) is 83.4 Å². The molecule has 364 valence electrons. The third-order valence-corrected chi connectivity index (χ3v) is 12.6. The molecule has 0 saturated heterocycles. The van der Waals surface area contributed by atoms with Crippen molar-refractivity contribution in [2.24, 2.45) is 10.2 Å². The first kappa shape index (κ1) is 74.1. The van der Waals surface area contributed by atoms with Crippen molar-refractivity contribution in [1.82, 2.24) is 15.0 Å². The number of sulfone groups is 1. The molecule has 0 aliphatic rings. The predicted molar refractivity (Wildman–Crippen MR) is 235 cm³/mol. The van der Waals surface area contributed by atoms with Crippen LogP contribution in [0.4, 0.5) is 44.7 Å². The summed E-state index contributed by atoms with van der Waals surface area (Å²) in [5, 5.41) is 52.9. The van der Waals surface area contributed by atoms with Crippen LogP contribution in [0.2, 0.25) is 0 Å². The molecular weight excluding hydrogens is 1370 g/mol. The number of nitrogens with one attached hydrogen (secondary N) is 3. The summed E-state index contributed by atoms with van der Waals surface area (Å²) in [5.74, 6) is -3.10. The molecule has 1 aromatic heterocycles. The van der Waals surface area contributed by atoms with E-state index in [1.807, 2.05) is 0 Å². The van der Waals surface area contributed by atoms with Crippen molar-refractivity contribution in [1.29, 1.82) is 0 Å². The van der Waals surface area contributed by atoms with E-state index in [0.29, 0.717) is 17.2 Å². The second-order valence-corrected chi connectivity index (χ2v) is 24.8. The number of fused-ring (bicyclic) bond motifs is 1. The van der Waals surface area contributed by atoms with Gasteiger partial charge in [-0.15, -0.1) is 14.6 Å². The van der Waals surface area contributed by atoms with E-state index in [4.69, 9.17) is 4.18 Å². The van der Waals surface area contributed by atoms with Gasteiger partial charge >= 0.3 is 216 Å². The van der Waals surface area contributed by atoms with Gasteiger partial charge in [-0.1, -0.05) is 18.2 Å². The van der Waals surface area contributed by atoms with Crippen LogP contribution in [0.5, 0.6) is 5.75 Å². The van der Waals surface area contributed by atoms with Crippen LogP contribution < -0.4 is 213 Å². The molecule has 0 bridgehead atoms. The first-order chi connectivity index (χ1) is 32.3. The van der Waals surface area contributed by atoms with Crippen molar-refractivity contribution in [3.05, 3.63) is 103 Å². The van der Waals surface area contributed by atoms with E-state index in [-0.39, 0.29) is 238 Å². The molecule has 38 heteroatoms. The number of hydrogen-bond donors (Lipinski definition) is 4. The van der Waals surface area contributed by atoms with Crippen molar-refractivity contribution in [3.63, 3.8) is 0 Å². The van der Waals surface area contributed by atoms with E-state index in [0.717, 1.165) is 30.3 Å². The fourth-order valence-electron chi connectivity index (χ4n) is 5.46. The minimum absolute atomic E-state index is 0. The van der Waals surface area contributed by atoms with Crippen molar-refractivity contribution in [3.8, 4) is 5.75 Å². The molecule has 73 heavy (non-hydrogen) atoms. The molecule has 0 unspecified atom stereocenters. The first-order valence-electron chi connectivity index (χ1n) is 17.7. The average molecular weight is 1390 g/mol. The summed E-state index contributed by atoms with van der Waals surface area (Å²) in [6, 6.07) is 18.2. The topological polar surface area (TPSA) is 378 Å². The quantitative estimate of drug-likeness (QED) is 0.00635. The molecule has 1 heterocycles. The van der Waals surface area contributed by atoms with Crippen molar-refractivity contribution in [2.75, 3.05) is 33.2 Å². The average Bonchev–Trinajstić information content (AvgIpc) is 3.28. The fourth-order valence-corrected chi connectivity index (χ4v) is 8.66. The molecule has 0 radical (unpaired) electrons. The zero-order valence-corrected chi connectivity index (χ0v) is 58.0. The number of halogens is 3. The zero-order valence-electron chi connectivity index (χ0n) is 38.5. The van der Waals surface area contributed by atoms with Crippen molar-refractivity contribution >= 4 is 130 Å². The smallest absolute Gasteiger partial charge is 0.744 e. The number of aromatic nitrogens is 3. The number of azo groups is 1. The van der Waals surface area contributed by atoms with Gasteiger partial charge in [0, 0.05) is 22.3 Å². The van der Waals surface area contributed by atoms with E-state index < -0.39 is 92.3 Å². The molecule has 5 aromatic carbocycles. The van der Waals surface area contributed by atoms with Gasteiger partial charge in [0.15, 0.2) is 27.9 Å². The molecule has 0 saturated carbocycles. The van der Waals surface area contributed by atoms with Gasteiger partial charge < -0.3 is 40.7 Å². The van der Waals surface area contributed by atoms with Gasteiger partial charge in [0.05, 0.1) is 49.7 Å². The van der Waals surface area contributed by atoms with Gasteiger partial charge in [0.2, 0.25) is 11.9 Å². The molecule has 0 aliphatic heterocycles. The van der Waals surface area contributed by atoms with Gasteiger partial charge in [-0.25, -0.2) is 25.3 Å². The second-order valence-electron chi connectivity index (χ2n) is 12.5. The maximum absolute atomic E-state index is 14.8. The van der Waals surface area contributed by atoms with Gasteiger partial charge in [0.1, 0.15) is 31.6 Å². The second kappa shape index (κ2) is 35.7. The Morgan fingerprint density at radius 3 is 2.03 bits per heavy atom. The molecule has 6 aromatic rings. The summed E-state index contributed by atoms with van der Waals surface area (Å²) in [6.45, 7) is -0.357. The van der Waals surface area contributed by atoms with E-state index in [9.17, 15) is 59.2 Å². The Labute approximate surface area is 575 Å². The molecule has 0 fully saturated rings. The number of nitrogens with zero attached hydrogens (tertiary/aromatic N) is 5. The van der Waals surface area contributed by atoms with Crippen LogP contribution in [0, 0.1) is 6.08 Å². The Bertz CT molecular complexity index is 3180. The van der Waals surface area contributed by atoms with Crippen LogP contribution in [0.3, 0.4) is 0 Å². The predicted octanol–water partition coefficient (Wildman–Crippen LogP) is -13.3. The summed E-state index contributed by atoms with van der Waals surface area (Å²) in [6.07, 6.45) is -1.40. The van der Waals surface area contributed by atoms with Crippen molar-refractivity contribution in [2.45, 2.75) is 19.6 Å². The van der Waals surface area contributed by atoms with Gasteiger partial charge in [-0.05, 0) is 78.2 Å². The summed E-state index contributed by atoms with van der Waals surface area (Å²) in [7, 11) is -14.3. The van der Waals surface area contributed by atoms with Crippen LogP contribution in [0.25, 0.3) is 10.8 Å². The van der Waals surface area contributed by atoms with Gasteiger partial charge in [0.25, 0.3) is 5.91 Å². The number of alkyl halides is 1. The van der Waals surface area contributed by atoms with Crippen LogP contribution in [0.1, 0.15) is 10.4 Å². The minimum Gasteiger partial charge on any atom is -0.744 e. The number of amides is 1. The SMILES string of the molecule is C[I-]I.O=C(Nc1cccc(S(=O)(=O)CCOSOO[O-])c1)c1ccc(Nc2nc(F)nc(Nc3cc4c(O)c(N=Nc5ccccc5S(=O)(=O)[O-])c(SOO[O-])cc4cc3S(=O)(=O)[O-])n2)cc1.[K+].[Na+].[Na+].[Na+].[Na+]. The third kappa shape index (κ3) is 22.8. The van der Waals surface area contributed by atoms with E-state index in [1.165, 1.54) is 60.7 Å². The number of anilines is 5. The number of carbonyl (C=O) groups is 1. The normalized spacial score (nSPS) is 11.1. The zero-order chi connectivity index (χ0) is 49.6. The van der Waals surface area contributed by atoms with Crippen LogP contribution in [-0.2, 0) is 53.0 Å². The fraction of sp³-hybridized carbons (Fsp3) is 0.0857. The molecule has 6 rings (SSSR count). The maximum Gasteiger partial charge on any atom is 1.00 e. The Hall–Kier alpha value is 1.06. The number of carbonyl (C=O) groups excluding carboxylic acids is 1. The number of benzene rings is 5. The summed E-state index contributed by atoms with van der Waals surface area (Å²) in [5.41, 5.74) is -1.18. The molecule has 0 spiro atoms. The Morgan fingerprint density at radius 2 is 1.41 bits per heavy atom. The van der Waals surface area contributed by atoms with Gasteiger partial charge in [-0.2, -0.15) is 23.7 Å². The summed E-state index contributed by atoms with van der Waals surface area (Å²) >= 11 is 3.26. The molecule has 25 nitrogen and oxygen atoms in total. The number of hydrogen-bond acceptors (Lipinski definition) is 26. The molecule has 4 N–H and O–H groups in total. The molecular formula is C35H26FI2KN8Na4O17S5. The van der Waals surface area contributed by atoms with E-state index in [1.54, 1.807) is 0 Å². The summed E-state index contributed by atoms with van der Waals surface area (Å²) in [4.78, 5) is 24.1. The Morgan fingerprint density at radius 1 is 0.795 bits per heavy atom. The van der Waals surface area contributed by atoms with Crippen LogP contribution in [0.15, 0.2) is 121 Å². The number of aromatic hydroxyl groups is 1. The number of phenols is 1. The maximum atomic E-state index is 14.8. The van der Waals surface area contributed by atoms with E-state index >= 15 is 0 Å². The Kier molecular flexibility index (Phi) is 36.2. The molecule has 0 atom stereocenters. The monoisotopic (exact) mass is 1390 g/mol. The minimum atomic E-state index is -5.37. The number of rotatable bonds is 20. The summed E-state index contributed by atoms with van der Waals surface area (Å²) < 4.78 is 126. The first-order valence-corrected chi connectivity index (χ1v) is 32.0. The molecule has 1 amide bonds. The molecule has 0 aliphatic carbocycles. The largest absolute Gasteiger partial charge is 1.00 e. The van der Waals surface area contributed by atoms with Gasteiger partial charge in [-0.3, -0.25) is 19.1 Å².